The summed E-state index contributed by atoms with van der Waals surface area (Å²) in [5.74, 6) is 0.218. The summed E-state index contributed by atoms with van der Waals surface area (Å²) in [4.78, 5) is 30.5. The molecule has 1 aliphatic heterocycles. The van der Waals surface area contributed by atoms with E-state index in [4.69, 9.17) is 9.47 Å². The Kier molecular flexibility index (Phi) is 6.00. The number of hydrogen-bond acceptors (Lipinski definition) is 6. The fourth-order valence-corrected chi connectivity index (χ4v) is 3.08. The minimum atomic E-state index is -0.266. The van der Waals surface area contributed by atoms with E-state index in [1.165, 1.54) is 17.3 Å². The molecular formula is C21H21N5O4. The van der Waals surface area contributed by atoms with Crippen molar-refractivity contribution < 1.29 is 19.1 Å². The molecular weight excluding hydrogens is 386 g/mol. The van der Waals surface area contributed by atoms with Gasteiger partial charge in [0.2, 0.25) is 0 Å². The van der Waals surface area contributed by atoms with Crippen LogP contribution in [0.2, 0.25) is 0 Å². The normalized spacial score (nSPS) is 13.7. The van der Waals surface area contributed by atoms with Gasteiger partial charge in [0.25, 0.3) is 11.8 Å². The van der Waals surface area contributed by atoms with Crippen LogP contribution >= 0.6 is 0 Å². The molecule has 0 saturated carbocycles. The van der Waals surface area contributed by atoms with Gasteiger partial charge in [0, 0.05) is 18.8 Å². The topological polar surface area (TPSA) is 98.6 Å². The summed E-state index contributed by atoms with van der Waals surface area (Å²) in [6.07, 6.45) is 2.95. The molecule has 154 valence electrons. The van der Waals surface area contributed by atoms with Gasteiger partial charge in [-0.05, 0) is 36.4 Å². The van der Waals surface area contributed by atoms with Gasteiger partial charge in [0.1, 0.15) is 18.4 Å². The monoisotopic (exact) mass is 407 g/mol. The summed E-state index contributed by atoms with van der Waals surface area (Å²) >= 11 is 0. The van der Waals surface area contributed by atoms with E-state index in [0.29, 0.717) is 49.0 Å². The number of ether oxygens (including phenoxy) is 2. The molecule has 0 spiro atoms. The van der Waals surface area contributed by atoms with Crippen molar-refractivity contribution in [3.05, 3.63) is 66.7 Å². The Bertz CT molecular complexity index is 999. The average Bonchev–Trinajstić information content (AvgIpc) is 3.34. The van der Waals surface area contributed by atoms with Gasteiger partial charge in [-0.25, -0.2) is 9.67 Å². The summed E-state index contributed by atoms with van der Waals surface area (Å²) < 4.78 is 12.4. The predicted octanol–water partition coefficient (Wildman–Crippen LogP) is 1.76. The fourth-order valence-electron chi connectivity index (χ4n) is 3.08. The Labute approximate surface area is 173 Å². The predicted molar refractivity (Wildman–Crippen MR) is 109 cm³/mol. The van der Waals surface area contributed by atoms with Crippen LogP contribution in [0.15, 0.2) is 61.2 Å². The molecule has 3 aromatic rings. The lowest BCUT2D eigenvalue weighted by molar-refractivity contribution is -0.137. The van der Waals surface area contributed by atoms with Crippen LogP contribution in [-0.2, 0) is 9.53 Å². The van der Waals surface area contributed by atoms with E-state index in [9.17, 15) is 9.59 Å². The number of nitrogens with one attached hydrogen (secondary N) is 1. The third kappa shape index (κ3) is 4.64. The molecule has 1 fully saturated rings. The number of hydrogen-bond donors (Lipinski definition) is 1. The first-order valence-electron chi connectivity index (χ1n) is 9.54. The van der Waals surface area contributed by atoms with Crippen molar-refractivity contribution in [3.8, 4) is 11.4 Å². The lowest BCUT2D eigenvalue weighted by atomic mass is 10.1. The summed E-state index contributed by atoms with van der Waals surface area (Å²) in [5.41, 5.74) is 1.72. The Morgan fingerprint density at radius 3 is 2.57 bits per heavy atom. The van der Waals surface area contributed by atoms with Gasteiger partial charge in [-0.2, -0.15) is 5.10 Å². The molecule has 0 radical (unpaired) electrons. The minimum Gasteiger partial charge on any atom is -0.484 e. The molecule has 9 nitrogen and oxygen atoms in total. The molecule has 0 atom stereocenters. The summed E-state index contributed by atoms with van der Waals surface area (Å²) in [6.45, 7) is 2.25. The standard InChI is InChI=1S/C21H21N5O4/c27-20(25-9-11-29-12-10-25)13-30-17-7-5-16(6-8-17)24-21(28)18-3-1-2-4-19(18)26-15-22-14-23-26/h1-8,14-15H,9-13H2,(H,24,28). The molecule has 1 aromatic heterocycles. The summed E-state index contributed by atoms with van der Waals surface area (Å²) in [6, 6.07) is 14.0. The fraction of sp³-hybridized carbons (Fsp3) is 0.238. The van der Waals surface area contributed by atoms with Gasteiger partial charge in [-0.1, -0.05) is 12.1 Å². The third-order valence-electron chi connectivity index (χ3n) is 4.65. The van der Waals surface area contributed by atoms with Crippen LogP contribution in [0.5, 0.6) is 5.75 Å². The largest absolute Gasteiger partial charge is 0.484 e. The van der Waals surface area contributed by atoms with Gasteiger partial charge < -0.3 is 19.7 Å². The first kappa shape index (κ1) is 19.6. The Morgan fingerprint density at radius 1 is 1.07 bits per heavy atom. The first-order chi connectivity index (χ1) is 14.7. The molecule has 2 heterocycles. The molecule has 1 N–H and O–H groups in total. The zero-order valence-corrected chi connectivity index (χ0v) is 16.2. The van der Waals surface area contributed by atoms with E-state index < -0.39 is 0 Å². The van der Waals surface area contributed by atoms with E-state index in [2.05, 4.69) is 15.4 Å². The second kappa shape index (κ2) is 9.19. The van der Waals surface area contributed by atoms with Crippen molar-refractivity contribution in [2.45, 2.75) is 0 Å². The highest BCUT2D eigenvalue weighted by Crippen LogP contribution is 2.19. The van der Waals surface area contributed by atoms with Crippen molar-refractivity contribution in [1.82, 2.24) is 19.7 Å². The zero-order valence-electron chi connectivity index (χ0n) is 16.2. The lowest BCUT2D eigenvalue weighted by Crippen LogP contribution is -2.42. The summed E-state index contributed by atoms with van der Waals surface area (Å²) in [5, 5.41) is 6.95. The zero-order chi connectivity index (χ0) is 20.8. The highest BCUT2D eigenvalue weighted by atomic mass is 16.5. The number of para-hydroxylation sites is 1. The maximum atomic E-state index is 12.7. The van der Waals surface area contributed by atoms with E-state index in [1.807, 2.05) is 6.07 Å². The van der Waals surface area contributed by atoms with Crippen molar-refractivity contribution in [3.63, 3.8) is 0 Å². The van der Waals surface area contributed by atoms with Crippen LogP contribution in [0.4, 0.5) is 5.69 Å². The number of carbonyl (C=O) groups excluding carboxylic acids is 2. The average molecular weight is 407 g/mol. The van der Waals surface area contributed by atoms with Crippen LogP contribution in [0, 0.1) is 0 Å². The molecule has 1 aliphatic rings. The lowest BCUT2D eigenvalue weighted by Gasteiger charge is -2.26. The number of aromatic nitrogens is 3. The summed E-state index contributed by atoms with van der Waals surface area (Å²) in [7, 11) is 0. The Morgan fingerprint density at radius 2 is 1.83 bits per heavy atom. The smallest absolute Gasteiger partial charge is 0.260 e. The van der Waals surface area contributed by atoms with E-state index in [1.54, 1.807) is 47.4 Å². The van der Waals surface area contributed by atoms with Gasteiger partial charge in [0.05, 0.1) is 24.5 Å². The van der Waals surface area contributed by atoms with Crippen LogP contribution in [0.25, 0.3) is 5.69 Å². The van der Waals surface area contributed by atoms with E-state index in [0.717, 1.165) is 0 Å². The molecule has 2 aromatic carbocycles. The van der Waals surface area contributed by atoms with Gasteiger partial charge >= 0.3 is 0 Å². The Hall–Kier alpha value is -3.72. The van der Waals surface area contributed by atoms with Gasteiger partial charge in [-0.3, -0.25) is 9.59 Å². The van der Waals surface area contributed by atoms with Gasteiger partial charge in [0.15, 0.2) is 6.61 Å². The SMILES string of the molecule is O=C(Nc1ccc(OCC(=O)N2CCOCC2)cc1)c1ccccc1-n1cncn1. The van der Waals surface area contributed by atoms with Crippen LogP contribution in [0.3, 0.4) is 0 Å². The maximum absolute atomic E-state index is 12.7. The second-order valence-corrected chi connectivity index (χ2v) is 6.62. The molecule has 30 heavy (non-hydrogen) atoms. The van der Waals surface area contributed by atoms with Gasteiger partial charge in [-0.15, -0.1) is 0 Å². The van der Waals surface area contributed by atoms with E-state index in [-0.39, 0.29) is 18.4 Å². The van der Waals surface area contributed by atoms with Crippen LogP contribution < -0.4 is 10.1 Å². The molecule has 0 bridgehead atoms. The third-order valence-corrected chi connectivity index (χ3v) is 4.65. The van der Waals surface area contributed by atoms with Crippen molar-refractivity contribution in [1.29, 1.82) is 0 Å². The molecule has 0 aliphatic carbocycles. The molecule has 4 rings (SSSR count). The number of anilines is 1. The highest BCUT2D eigenvalue weighted by molar-refractivity contribution is 6.06. The number of amides is 2. The first-order valence-corrected chi connectivity index (χ1v) is 9.54. The quantitative estimate of drug-likeness (QED) is 0.669. The molecule has 0 unspecified atom stereocenters. The second-order valence-electron chi connectivity index (χ2n) is 6.62. The number of benzene rings is 2. The van der Waals surface area contributed by atoms with Crippen LogP contribution in [0.1, 0.15) is 10.4 Å². The molecule has 2 amide bonds. The van der Waals surface area contributed by atoms with Crippen molar-refractivity contribution >= 4 is 17.5 Å². The number of morpholine rings is 1. The highest BCUT2D eigenvalue weighted by Gasteiger charge is 2.17. The van der Waals surface area contributed by atoms with Crippen molar-refractivity contribution in [2.75, 3.05) is 38.2 Å². The molecule has 1 saturated heterocycles. The molecule has 9 heteroatoms. The number of nitrogens with zero attached hydrogens (tertiary/aromatic N) is 4. The maximum Gasteiger partial charge on any atom is 0.260 e. The van der Waals surface area contributed by atoms with Crippen molar-refractivity contribution in [2.24, 2.45) is 0 Å². The van der Waals surface area contributed by atoms with E-state index >= 15 is 0 Å². The Balaban J connectivity index is 1.36. The van der Waals surface area contributed by atoms with Crippen LogP contribution in [-0.4, -0.2) is 64.4 Å². The number of carbonyl (C=O) groups is 2. The number of rotatable bonds is 6. The minimum absolute atomic E-state index is 0.0308.